The normalized spacial score (nSPS) is 11.6. The fourth-order valence-electron chi connectivity index (χ4n) is 2.35. The molecule has 120 valence electrons. The lowest BCUT2D eigenvalue weighted by atomic mass is 10.1. The van der Waals surface area contributed by atoms with Gasteiger partial charge in [-0.15, -0.1) is 0 Å². The Morgan fingerprint density at radius 2 is 1.71 bits per heavy atom. The summed E-state index contributed by atoms with van der Waals surface area (Å²) in [6.07, 6.45) is 5.16. The van der Waals surface area contributed by atoms with Crippen LogP contribution in [0.25, 0.3) is 0 Å². The molecule has 1 aromatic carbocycles. The smallest absolute Gasteiger partial charge is 0.241 e. The van der Waals surface area contributed by atoms with Gasteiger partial charge in [-0.05, 0) is 62.0 Å². The van der Waals surface area contributed by atoms with E-state index in [-0.39, 0.29) is 0 Å². The summed E-state index contributed by atoms with van der Waals surface area (Å²) in [5.74, 6) is 1.14. The molecule has 1 rings (SSSR count). The number of thioether (sulfide) groups is 1. The molecular weight excluding hydrogens is 304 g/mol. The van der Waals surface area contributed by atoms with E-state index in [0.29, 0.717) is 11.4 Å². The first-order valence-corrected chi connectivity index (χ1v) is 10.1. The summed E-state index contributed by atoms with van der Waals surface area (Å²) in [5, 5.41) is 3.04. The Kier molecular flexibility index (Phi) is 7.56. The summed E-state index contributed by atoms with van der Waals surface area (Å²) in [6.45, 7) is 4.17. The van der Waals surface area contributed by atoms with Gasteiger partial charge >= 0.3 is 0 Å². The molecule has 0 aliphatic heterocycles. The zero-order chi connectivity index (χ0) is 15.9. The van der Waals surface area contributed by atoms with Gasteiger partial charge in [0, 0.05) is 19.3 Å². The van der Waals surface area contributed by atoms with E-state index in [1.165, 1.54) is 0 Å². The lowest BCUT2D eigenvalue weighted by Gasteiger charge is -2.14. The zero-order valence-electron chi connectivity index (χ0n) is 13.3. The number of sulfonamides is 1. The third kappa shape index (κ3) is 5.52. The monoisotopic (exact) mass is 330 g/mol. The fraction of sp³-hybridized carbons (Fsp3) is 0.600. The van der Waals surface area contributed by atoms with Crippen LogP contribution in [0.5, 0.6) is 0 Å². The SMILES string of the molecule is CNc1cc(C)c(S(=O)(=O)NCCCCCSC)c(C)c1. The average Bonchev–Trinajstić information content (AvgIpc) is 2.41. The molecule has 0 saturated carbocycles. The van der Waals surface area contributed by atoms with Crippen molar-refractivity contribution >= 4 is 27.5 Å². The molecule has 0 spiro atoms. The van der Waals surface area contributed by atoms with Crippen molar-refractivity contribution in [3.8, 4) is 0 Å². The molecule has 21 heavy (non-hydrogen) atoms. The van der Waals surface area contributed by atoms with Crippen molar-refractivity contribution < 1.29 is 8.42 Å². The maximum atomic E-state index is 12.4. The predicted molar refractivity (Wildman–Crippen MR) is 92.9 cm³/mol. The molecular formula is C15H26N2O2S2. The fourth-order valence-corrected chi connectivity index (χ4v) is 4.36. The molecule has 0 amide bonds. The number of hydrogen-bond acceptors (Lipinski definition) is 4. The maximum absolute atomic E-state index is 12.4. The van der Waals surface area contributed by atoms with Crippen LogP contribution in [0.4, 0.5) is 5.69 Å². The van der Waals surface area contributed by atoms with Crippen LogP contribution >= 0.6 is 11.8 Å². The Morgan fingerprint density at radius 3 is 2.24 bits per heavy atom. The average molecular weight is 331 g/mol. The van der Waals surface area contributed by atoms with E-state index in [1.807, 2.05) is 44.8 Å². The lowest BCUT2D eigenvalue weighted by Crippen LogP contribution is -2.26. The van der Waals surface area contributed by atoms with E-state index < -0.39 is 10.0 Å². The van der Waals surface area contributed by atoms with E-state index in [2.05, 4.69) is 16.3 Å². The predicted octanol–water partition coefficient (Wildman–Crippen LogP) is 3.16. The molecule has 0 fully saturated rings. The van der Waals surface area contributed by atoms with Crippen LogP contribution in [-0.2, 0) is 10.0 Å². The quantitative estimate of drug-likeness (QED) is 0.683. The summed E-state index contributed by atoms with van der Waals surface area (Å²) < 4.78 is 27.6. The van der Waals surface area contributed by atoms with Gasteiger partial charge in [-0.3, -0.25) is 0 Å². The number of nitrogens with one attached hydrogen (secondary N) is 2. The summed E-state index contributed by atoms with van der Waals surface area (Å²) >= 11 is 1.82. The molecule has 4 nitrogen and oxygen atoms in total. The van der Waals surface area contributed by atoms with Crippen LogP contribution in [0.2, 0.25) is 0 Å². The number of aryl methyl sites for hydroxylation is 2. The second-order valence-electron chi connectivity index (χ2n) is 5.14. The Morgan fingerprint density at radius 1 is 1.10 bits per heavy atom. The summed E-state index contributed by atoms with van der Waals surface area (Å²) in [5.41, 5.74) is 2.48. The van der Waals surface area contributed by atoms with Gasteiger partial charge in [0.15, 0.2) is 0 Å². The highest BCUT2D eigenvalue weighted by Crippen LogP contribution is 2.24. The minimum Gasteiger partial charge on any atom is -0.388 e. The minimum atomic E-state index is -3.42. The van der Waals surface area contributed by atoms with Crippen molar-refractivity contribution in [2.45, 2.75) is 38.0 Å². The summed E-state index contributed by atoms with van der Waals surface area (Å²) in [7, 11) is -1.59. The molecule has 0 unspecified atom stereocenters. The number of benzene rings is 1. The first-order valence-electron chi connectivity index (χ1n) is 7.20. The molecule has 0 aromatic heterocycles. The van der Waals surface area contributed by atoms with Gasteiger partial charge in [-0.25, -0.2) is 13.1 Å². The van der Waals surface area contributed by atoms with Gasteiger partial charge in [0.05, 0.1) is 4.90 Å². The van der Waals surface area contributed by atoms with Crippen LogP contribution in [0, 0.1) is 13.8 Å². The molecule has 0 aliphatic carbocycles. The van der Waals surface area contributed by atoms with Crippen LogP contribution < -0.4 is 10.0 Å². The molecule has 0 heterocycles. The van der Waals surface area contributed by atoms with Crippen LogP contribution in [0.15, 0.2) is 17.0 Å². The van der Waals surface area contributed by atoms with Crippen LogP contribution in [-0.4, -0.2) is 34.0 Å². The molecule has 0 radical (unpaired) electrons. The molecule has 2 N–H and O–H groups in total. The number of unbranched alkanes of at least 4 members (excludes halogenated alkanes) is 2. The Labute approximate surface area is 133 Å². The molecule has 0 bridgehead atoms. The van der Waals surface area contributed by atoms with Crippen molar-refractivity contribution in [1.82, 2.24) is 4.72 Å². The van der Waals surface area contributed by atoms with Gasteiger partial charge in [0.2, 0.25) is 10.0 Å². The topological polar surface area (TPSA) is 58.2 Å². The van der Waals surface area contributed by atoms with Gasteiger partial charge < -0.3 is 5.32 Å². The van der Waals surface area contributed by atoms with Crippen molar-refractivity contribution in [2.75, 3.05) is 30.9 Å². The second-order valence-corrected chi connectivity index (χ2v) is 7.83. The first-order chi connectivity index (χ1) is 9.92. The molecule has 0 atom stereocenters. The molecule has 6 heteroatoms. The van der Waals surface area contributed by atoms with E-state index in [1.54, 1.807) is 0 Å². The van der Waals surface area contributed by atoms with Crippen molar-refractivity contribution in [2.24, 2.45) is 0 Å². The Hall–Kier alpha value is -0.720. The molecule has 1 aromatic rings. The van der Waals surface area contributed by atoms with Crippen molar-refractivity contribution in [3.63, 3.8) is 0 Å². The standard InChI is InChI=1S/C15H26N2O2S2/c1-12-10-14(16-3)11-13(2)15(12)21(18,19)17-8-6-5-7-9-20-4/h10-11,16-17H,5-9H2,1-4H3. The molecule has 0 aliphatic rings. The number of hydrogen-bond donors (Lipinski definition) is 2. The zero-order valence-corrected chi connectivity index (χ0v) is 15.0. The first kappa shape index (κ1) is 18.3. The summed E-state index contributed by atoms with van der Waals surface area (Å²) in [4.78, 5) is 0.408. The van der Waals surface area contributed by atoms with E-state index in [4.69, 9.17) is 0 Å². The summed E-state index contributed by atoms with van der Waals surface area (Å²) in [6, 6.07) is 3.72. The second kappa shape index (κ2) is 8.66. The third-order valence-corrected chi connectivity index (χ3v) is 5.80. The minimum absolute atomic E-state index is 0.408. The highest BCUT2D eigenvalue weighted by molar-refractivity contribution is 7.98. The van der Waals surface area contributed by atoms with Crippen molar-refractivity contribution in [3.05, 3.63) is 23.3 Å². The Balaban J connectivity index is 2.70. The molecule has 0 saturated heterocycles. The van der Waals surface area contributed by atoms with Crippen LogP contribution in [0.1, 0.15) is 30.4 Å². The van der Waals surface area contributed by atoms with Gasteiger partial charge in [-0.2, -0.15) is 11.8 Å². The van der Waals surface area contributed by atoms with Gasteiger partial charge in [0.25, 0.3) is 0 Å². The number of rotatable bonds is 9. The largest absolute Gasteiger partial charge is 0.388 e. The van der Waals surface area contributed by atoms with E-state index in [9.17, 15) is 8.42 Å². The lowest BCUT2D eigenvalue weighted by molar-refractivity contribution is 0.575. The third-order valence-electron chi connectivity index (χ3n) is 3.34. The maximum Gasteiger partial charge on any atom is 0.241 e. The highest BCUT2D eigenvalue weighted by atomic mass is 32.2. The van der Waals surface area contributed by atoms with Crippen LogP contribution in [0.3, 0.4) is 0 Å². The van der Waals surface area contributed by atoms with E-state index >= 15 is 0 Å². The van der Waals surface area contributed by atoms with Gasteiger partial charge in [0.1, 0.15) is 0 Å². The number of anilines is 1. The highest BCUT2D eigenvalue weighted by Gasteiger charge is 2.19. The van der Waals surface area contributed by atoms with Crippen molar-refractivity contribution in [1.29, 1.82) is 0 Å². The van der Waals surface area contributed by atoms with E-state index in [0.717, 1.165) is 41.8 Å². The Bertz CT molecular complexity index is 534. The van der Waals surface area contributed by atoms with Gasteiger partial charge in [-0.1, -0.05) is 6.42 Å².